The van der Waals surface area contributed by atoms with Crippen molar-refractivity contribution in [2.45, 2.75) is 45.8 Å². The second-order valence-corrected chi connectivity index (χ2v) is 5.06. The molecule has 1 aliphatic heterocycles. The third-order valence-corrected chi connectivity index (χ3v) is 2.69. The molecule has 1 fully saturated rings. The van der Waals surface area contributed by atoms with Crippen LogP contribution in [0.2, 0.25) is 0 Å². The average Bonchev–Trinajstić information content (AvgIpc) is 2.55. The van der Waals surface area contributed by atoms with Crippen LogP contribution in [0.25, 0.3) is 0 Å². The molecule has 2 atom stereocenters. The lowest BCUT2D eigenvalue weighted by atomic mass is 9.89. The van der Waals surface area contributed by atoms with Gasteiger partial charge in [-0.2, -0.15) is 0 Å². The molecule has 1 saturated heterocycles. The molecule has 2 unspecified atom stereocenters. The lowest BCUT2D eigenvalue weighted by Crippen LogP contribution is -2.38. The fourth-order valence-electron chi connectivity index (χ4n) is 1.67. The first-order chi connectivity index (χ1) is 6.54. The third-order valence-electron chi connectivity index (χ3n) is 2.69. The van der Waals surface area contributed by atoms with E-state index >= 15 is 0 Å². The third kappa shape index (κ3) is 3.56. The fraction of sp³-hybridized carbons (Fsp3) is 1.00. The Balaban J connectivity index is 2.26. The van der Waals surface area contributed by atoms with Gasteiger partial charge < -0.3 is 15.2 Å². The summed E-state index contributed by atoms with van der Waals surface area (Å²) >= 11 is 0. The van der Waals surface area contributed by atoms with E-state index in [-0.39, 0.29) is 11.5 Å². The van der Waals surface area contributed by atoms with E-state index in [0.29, 0.717) is 19.3 Å². The van der Waals surface area contributed by atoms with Crippen LogP contribution in [0.1, 0.15) is 33.6 Å². The van der Waals surface area contributed by atoms with Crippen molar-refractivity contribution in [3.8, 4) is 0 Å². The zero-order valence-electron chi connectivity index (χ0n) is 9.58. The summed E-state index contributed by atoms with van der Waals surface area (Å²) in [6.07, 6.45) is 2.72. The van der Waals surface area contributed by atoms with Gasteiger partial charge in [0.15, 0.2) is 0 Å². The molecular formula is C11H23NO2. The molecule has 0 aromatic heterocycles. The van der Waals surface area contributed by atoms with Gasteiger partial charge in [0.2, 0.25) is 0 Å². The Bertz CT molecular complexity index is 159. The lowest BCUT2D eigenvalue weighted by molar-refractivity contribution is -0.0562. The van der Waals surface area contributed by atoms with Gasteiger partial charge in [-0.25, -0.2) is 0 Å². The van der Waals surface area contributed by atoms with Crippen molar-refractivity contribution in [3.63, 3.8) is 0 Å². The highest BCUT2D eigenvalue weighted by Gasteiger charge is 2.26. The molecule has 84 valence electrons. The lowest BCUT2D eigenvalue weighted by Gasteiger charge is -2.30. The number of ether oxygens (including phenoxy) is 2. The topological polar surface area (TPSA) is 44.5 Å². The van der Waals surface area contributed by atoms with Gasteiger partial charge in [-0.1, -0.05) is 20.8 Å². The van der Waals surface area contributed by atoms with Crippen LogP contribution in [-0.2, 0) is 9.47 Å². The normalized spacial score (nSPS) is 25.3. The van der Waals surface area contributed by atoms with Crippen LogP contribution in [0.15, 0.2) is 0 Å². The molecule has 0 aromatic carbocycles. The summed E-state index contributed by atoms with van der Waals surface area (Å²) < 4.78 is 11.3. The van der Waals surface area contributed by atoms with Crippen LogP contribution in [0.3, 0.4) is 0 Å². The molecule has 2 N–H and O–H groups in total. The van der Waals surface area contributed by atoms with Crippen molar-refractivity contribution >= 4 is 0 Å². The molecule has 3 heteroatoms. The van der Waals surface area contributed by atoms with Gasteiger partial charge in [-0.05, 0) is 18.3 Å². The molecule has 0 saturated carbocycles. The van der Waals surface area contributed by atoms with Gasteiger partial charge >= 0.3 is 0 Å². The average molecular weight is 201 g/mol. The largest absolute Gasteiger partial charge is 0.376 e. The van der Waals surface area contributed by atoms with Crippen LogP contribution in [0, 0.1) is 5.41 Å². The second-order valence-electron chi connectivity index (χ2n) is 5.06. The van der Waals surface area contributed by atoms with E-state index < -0.39 is 0 Å². The molecule has 0 radical (unpaired) electrons. The van der Waals surface area contributed by atoms with Crippen molar-refractivity contribution in [3.05, 3.63) is 0 Å². The van der Waals surface area contributed by atoms with Crippen molar-refractivity contribution in [2.75, 3.05) is 19.8 Å². The number of hydrogen-bond acceptors (Lipinski definition) is 3. The Labute approximate surface area is 86.9 Å². The molecule has 0 aromatic rings. The molecular weight excluding hydrogens is 178 g/mol. The summed E-state index contributed by atoms with van der Waals surface area (Å²) in [6, 6.07) is 0. The maximum absolute atomic E-state index is 5.79. The number of hydrogen-bond donors (Lipinski definition) is 1. The summed E-state index contributed by atoms with van der Waals surface area (Å²) in [6.45, 7) is 8.62. The van der Waals surface area contributed by atoms with Crippen molar-refractivity contribution in [1.82, 2.24) is 0 Å². The quantitative estimate of drug-likeness (QED) is 0.750. The van der Waals surface area contributed by atoms with E-state index in [1.807, 2.05) is 0 Å². The van der Waals surface area contributed by atoms with Crippen molar-refractivity contribution in [1.29, 1.82) is 0 Å². The molecule has 0 aliphatic carbocycles. The van der Waals surface area contributed by atoms with Crippen LogP contribution < -0.4 is 5.73 Å². The molecule has 0 bridgehead atoms. The highest BCUT2D eigenvalue weighted by molar-refractivity contribution is 4.76. The minimum absolute atomic E-state index is 0.118. The van der Waals surface area contributed by atoms with E-state index in [2.05, 4.69) is 20.8 Å². The molecule has 0 spiro atoms. The van der Waals surface area contributed by atoms with E-state index in [1.54, 1.807) is 0 Å². The summed E-state index contributed by atoms with van der Waals surface area (Å²) in [5, 5.41) is 0. The van der Waals surface area contributed by atoms with Gasteiger partial charge in [0.05, 0.1) is 18.8 Å². The zero-order chi connectivity index (χ0) is 10.6. The summed E-state index contributed by atoms with van der Waals surface area (Å²) in [5.41, 5.74) is 5.80. The second kappa shape index (κ2) is 5.10. The Morgan fingerprint density at radius 1 is 1.50 bits per heavy atom. The van der Waals surface area contributed by atoms with E-state index in [0.717, 1.165) is 19.4 Å². The van der Waals surface area contributed by atoms with Crippen LogP contribution in [0.5, 0.6) is 0 Å². The first-order valence-electron chi connectivity index (χ1n) is 5.47. The highest BCUT2D eigenvalue weighted by atomic mass is 16.5. The maximum Gasteiger partial charge on any atom is 0.0809 e. The molecule has 14 heavy (non-hydrogen) atoms. The van der Waals surface area contributed by atoms with Gasteiger partial charge in [-0.15, -0.1) is 0 Å². The molecule has 1 rings (SSSR count). The Kier molecular flexibility index (Phi) is 4.35. The van der Waals surface area contributed by atoms with Crippen molar-refractivity contribution in [2.24, 2.45) is 11.1 Å². The predicted octanol–water partition coefficient (Wildman–Crippen LogP) is 1.56. The smallest absolute Gasteiger partial charge is 0.0809 e. The molecule has 3 nitrogen and oxygen atoms in total. The summed E-state index contributed by atoms with van der Waals surface area (Å²) in [7, 11) is 0. The first kappa shape index (κ1) is 12.0. The summed E-state index contributed by atoms with van der Waals surface area (Å²) in [4.78, 5) is 0. The van der Waals surface area contributed by atoms with E-state index in [9.17, 15) is 0 Å². The minimum atomic E-state index is 0.118. The summed E-state index contributed by atoms with van der Waals surface area (Å²) in [5.74, 6) is 0. The van der Waals surface area contributed by atoms with E-state index in [1.165, 1.54) is 0 Å². The monoisotopic (exact) mass is 201 g/mol. The Morgan fingerprint density at radius 3 is 2.64 bits per heavy atom. The van der Waals surface area contributed by atoms with Crippen LogP contribution in [-0.4, -0.2) is 32.0 Å². The Hall–Kier alpha value is -0.120. The van der Waals surface area contributed by atoms with Crippen LogP contribution in [0.4, 0.5) is 0 Å². The SMILES string of the molecule is CC(C)(C)C(CN)OCC1CCCO1. The van der Waals surface area contributed by atoms with Crippen molar-refractivity contribution < 1.29 is 9.47 Å². The maximum atomic E-state index is 5.79. The molecule has 0 amide bonds. The minimum Gasteiger partial charge on any atom is -0.376 e. The molecule has 1 aliphatic rings. The van der Waals surface area contributed by atoms with Gasteiger partial charge in [-0.3, -0.25) is 0 Å². The first-order valence-corrected chi connectivity index (χ1v) is 5.47. The highest BCUT2D eigenvalue weighted by Crippen LogP contribution is 2.22. The van der Waals surface area contributed by atoms with Gasteiger partial charge in [0, 0.05) is 13.2 Å². The molecule has 1 heterocycles. The fourth-order valence-corrected chi connectivity index (χ4v) is 1.67. The van der Waals surface area contributed by atoms with Gasteiger partial charge in [0.1, 0.15) is 0 Å². The Morgan fingerprint density at radius 2 is 2.21 bits per heavy atom. The number of rotatable bonds is 4. The van der Waals surface area contributed by atoms with Crippen LogP contribution >= 0.6 is 0 Å². The zero-order valence-corrected chi connectivity index (χ0v) is 9.58. The van der Waals surface area contributed by atoms with E-state index in [4.69, 9.17) is 15.2 Å². The number of nitrogens with two attached hydrogens (primary N) is 1. The van der Waals surface area contributed by atoms with Gasteiger partial charge in [0.25, 0.3) is 0 Å². The standard InChI is InChI=1S/C11H23NO2/c1-11(2,3)10(7-12)14-8-9-5-4-6-13-9/h9-10H,4-8,12H2,1-3H3. The predicted molar refractivity (Wildman–Crippen MR) is 57.2 cm³/mol.